The number of piperidine rings is 1. The van der Waals surface area contributed by atoms with Gasteiger partial charge in [-0.1, -0.05) is 32.0 Å². The molecule has 0 N–H and O–H groups in total. The van der Waals surface area contributed by atoms with Gasteiger partial charge < -0.3 is 9.80 Å². The Bertz CT molecular complexity index is 755. The van der Waals surface area contributed by atoms with Crippen molar-refractivity contribution < 1.29 is 9.18 Å². The summed E-state index contributed by atoms with van der Waals surface area (Å²) in [6, 6.07) is 11.7. The van der Waals surface area contributed by atoms with Crippen LogP contribution in [0.1, 0.15) is 44.0 Å². The van der Waals surface area contributed by atoms with E-state index in [-0.39, 0.29) is 23.7 Å². The Hall–Kier alpha value is -2.27. The minimum Gasteiger partial charge on any atom is -0.333 e. The zero-order valence-electron chi connectivity index (χ0n) is 17.0. The van der Waals surface area contributed by atoms with Crippen molar-refractivity contribution in [3.05, 3.63) is 65.7 Å². The molecule has 1 saturated heterocycles. The maximum atomic E-state index is 13.4. The molecule has 0 saturated carbocycles. The van der Waals surface area contributed by atoms with Gasteiger partial charge in [-0.2, -0.15) is 0 Å². The molecule has 3 rings (SSSR count). The first-order valence-corrected chi connectivity index (χ1v) is 10.1. The predicted molar refractivity (Wildman–Crippen MR) is 109 cm³/mol. The second-order valence-electron chi connectivity index (χ2n) is 8.13. The first-order valence-electron chi connectivity index (χ1n) is 10.1. The third-order valence-corrected chi connectivity index (χ3v) is 5.45. The summed E-state index contributed by atoms with van der Waals surface area (Å²) in [7, 11) is 1.84. The molecule has 0 bridgehead atoms. The van der Waals surface area contributed by atoms with Gasteiger partial charge in [0.2, 0.25) is 5.91 Å². The van der Waals surface area contributed by atoms with Crippen LogP contribution in [0.4, 0.5) is 4.39 Å². The second-order valence-corrected chi connectivity index (χ2v) is 8.13. The molecule has 1 aromatic carbocycles. The van der Waals surface area contributed by atoms with Crippen molar-refractivity contribution in [1.82, 2.24) is 14.8 Å². The van der Waals surface area contributed by atoms with Crippen LogP contribution in [-0.2, 0) is 4.79 Å². The van der Waals surface area contributed by atoms with Crippen LogP contribution < -0.4 is 0 Å². The summed E-state index contributed by atoms with van der Waals surface area (Å²) in [5.74, 6) is 0.529. The van der Waals surface area contributed by atoms with Gasteiger partial charge in [0, 0.05) is 25.7 Å². The highest BCUT2D eigenvalue weighted by Gasteiger charge is 2.32. The maximum Gasteiger partial charge on any atom is 0.226 e. The number of benzene rings is 1. The number of likely N-dealkylation sites (tertiary alicyclic amines) is 1. The van der Waals surface area contributed by atoms with E-state index in [1.165, 1.54) is 12.1 Å². The smallest absolute Gasteiger partial charge is 0.226 e. The van der Waals surface area contributed by atoms with E-state index >= 15 is 0 Å². The van der Waals surface area contributed by atoms with Crippen LogP contribution in [0.2, 0.25) is 0 Å². The molecule has 0 spiro atoms. The van der Waals surface area contributed by atoms with E-state index in [4.69, 9.17) is 0 Å². The number of pyridine rings is 1. The monoisotopic (exact) mass is 383 g/mol. The molecule has 1 fully saturated rings. The lowest BCUT2D eigenvalue weighted by atomic mass is 9.93. The van der Waals surface area contributed by atoms with Crippen LogP contribution in [0.3, 0.4) is 0 Å². The van der Waals surface area contributed by atoms with E-state index in [2.05, 4.69) is 23.7 Å². The summed E-state index contributed by atoms with van der Waals surface area (Å²) in [4.78, 5) is 22.0. The van der Waals surface area contributed by atoms with Crippen LogP contribution in [0.15, 0.2) is 48.7 Å². The molecule has 5 heteroatoms. The van der Waals surface area contributed by atoms with Crippen molar-refractivity contribution >= 4 is 5.91 Å². The van der Waals surface area contributed by atoms with E-state index in [9.17, 15) is 9.18 Å². The van der Waals surface area contributed by atoms with Gasteiger partial charge in [-0.05, 0) is 61.7 Å². The summed E-state index contributed by atoms with van der Waals surface area (Å²) < 4.78 is 13.4. The lowest BCUT2D eigenvalue weighted by molar-refractivity contribution is -0.137. The topological polar surface area (TPSA) is 36.4 Å². The molecule has 28 heavy (non-hydrogen) atoms. The number of hydrogen-bond acceptors (Lipinski definition) is 3. The van der Waals surface area contributed by atoms with E-state index < -0.39 is 0 Å². The maximum absolute atomic E-state index is 13.4. The van der Waals surface area contributed by atoms with Crippen molar-refractivity contribution in [2.24, 2.45) is 11.8 Å². The Kier molecular flexibility index (Phi) is 6.79. The summed E-state index contributed by atoms with van der Waals surface area (Å²) in [6.45, 7) is 7.47. The van der Waals surface area contributed by atoms with Crippen molar-refractivity contribution in [3.63, 3.8) is 0 Å². The number of halogens is 1. The first kappa shape index (κ1) is 20.5. The van der Waals surface area contributed by atoms with Gasteiger partial charge in [0.15, 0.2) is 0 Å². The number of rotatable bonds is 6. The van der Waals surface area contributed by atoms with E-state index in [0.29, 0.717) is 5.92 Å². The van der Waals surface area contributed by atoms with E-state index in [0.717, 1.165) is 43.7 Å². The third-order valence-electron chi connectivity index (χ3n) is 5.45. The summed E-state index contributed by atoms with van der Waals surface area (Å²) >= 11 is 0. The molecule has 2 heterocycles. The molecule has 2 aromatic rings. The van der Waals surface area contributed by atoms with Crippen LogP contribution in [0.5, 0.6) is 0 Å². The summed E-state index contributed by atoms with van der Waals surface area (Å²) in [6.07, 6.45) is 3.50. The van der Waals surface area contributed by atoms with Crippen molar-refractivity contribution in [1.29, 1.82) is 0 Å². The average Bonchev–Trinajstić information content (AvgIpc) is 2.70. The molecular weight excluding hydrogens is 353 g/mol. The molecule has 1 amide bonds. The Morgan fingerprint density at radius 3 is 2.43 bits per heavy atom. The lowest BCUT2D eigenvalue weighted by Crippen LogP contribution is -2.43. The molecule has 1 aliphatic rings. The molecule has 0 aliphatic carbocycles. The quantitative estimate of drug-likeness (QED) is 0.752. The molecule has 1 unspecified atom stereocenters. The normalized spacial score (nSPS) is 16.9. The number of carbonyl (C=O) groups excluding carboxylic acids is 1. The Morgan fingerprint density at radius 2 is 1.86 bits per heavy atom. The van der Waals surface area contributed by atoms with Crippen LogP contribution >= 0.6 is 0 Å². The van der Waals surface area contributed by atoms with Crippen LogP contribution in [0.25, 0.3) is 0 Å². The second kappa shape index (κ2) is 9.28. The number of carbonyl (C=O) groups is 1. The van der Waals surface area contributed by atoms with Gasteiger partial charge in [0.1, 0.15) is 5.82 Å². The van der Waals surface area contributed by atoms with Crippen molar-refractivity contribution in [3.8, 4) is 0 Å². The fourth-order valence-electron chi connectivity index (χ4n) is 4.07. The molecule has 1 aromatic heterocycles. The fourth-order valence-corrected chi connectivity index (χ4v) is 4.07. The number of nitrogens with zero attached hydrogens (tertiary/aromatic N) is 3. The third kappa shape index (κ3) is 4.96. The molecule has 0 radical (unpaired) electrons. The molecule has 150 valence electrons. The molecule has 1 atom stereocenters. The van der Waals surface area contributed by atoms with Crippen molar-refractivity contribution in [2.75, 3.05) is 26.7 Å². The van der Waals surface area contributed by atoms with Gasteiger partial charge in [-0.15, -0.1) is 0 Å². The minimum absolute atomic E-state index is 0.0278. The first-order chi connectivity index (χ1) is 13.5. The Morgan fingerprint density at radius 1 is 1.18 bits per heavy atom. The van der Waals surface area contributed by atoms with Crippen LogP contribution in [0, 0.1) is 17.7 Å². The minimum atomic E-state index is -0.317. The van der Waals surface area contributed by atoms with Gasteiger partial charge in [-0.3, -0.25) is 9.78 Å². The SMILES string of the molecule is CC(C)CN1CCC(C(=O)N(C)C(c2ccc(F)cc2)c2ccccn2)CC1. The summed E-state index contributed by atoms with van der Waals surface area (Å²) in [5.41, 5.74) is 1.66. The van der Waals surface area contributed by atoms with E-state index in [1.54, 1.807) is 23.2 Å². The molecule has 1 aliphatic heterocycles. The lowest BCUT2D eigenvalue weighted by Gasteiger charge is -2.36. The predicted octanol–water partition coefficient (Wildman–Crippen LogP) is 4.14. The highest BCUT2D eigenvalue weighted by Crippen LogP contribution is 2.30. The van der Waals surface area contributed by atoms with Crippen LogP contribution in [-0.4, -0.2) is 47.4 Å². The van der Waals surface area contributed by atoms with Gasteiger partial charge in [0.05, 0.1) is 11.7 Å². The standard InChI is InChI=1S/C23H30FN3O/c1-17(2)16-27-14-11-19(12-15-27)23(28)26(3)22(21-6-4-5-13-25-21)18-7-9-20(24)10-8-18/h4-10,13,17,19,22H,11-12,14-16H2,1-3H3. The summed E-state index contributed by atoms with van der Waals surface area (Å²) in [5, 5.41) is 0. The average molecular weight is 384 g/mol. The van der Waals surface area contributed by atoms with Crippen molar-refractivity contribution in [2.45, 2.75) is 32.7 Å². The highest BCUT2D eigenvalue weighted by atomic mass is 19.1. The highest BCUT2D eigenvalue weighted by molar-refractivity contribution is 5.79. The Balaban J connectivity index is 1.77. The van der Waals surface area contributed by atoms with E-state index in [1.807, 2.05) is 25.2 Å². The number of hydrogen-bond donors (Lipinski definition) is 0. The van der Waals surface area contributed by atoms with Gasteiger partial charge >= 0.3 is 0 Å². The molecular formula is C23H30FN3O. The Labute approximate surface area is 167 Å². The fraction of sp³-hybridized carbons (Fsp3) is 0.478. The largest absolute Gasteiger partial charge is 0.333 e. The zero-order valence-corrected chi connectivity index (χ0v) is 17.0. The number of amides is 1. The zero-order chi connectivity index (χ0) is 20.1. The molecule has 4 nitrogen and oxygen atoms in total. The number of aromatic nitrogens is 1. The van der Waals surface area contributed by atoms with Gasteiger partial charge in [-0.25, -0.2) is 4.39 Å². The van der Waals surface area contributed by atoms with Gasteiger partial charge in [0.25, 0.3) is 0 Å².